The predicted octanol–water partition coefficient (Wildman–Crippen LogP) is 4.71. The lowest BCUT2D eigenvalue weighted by Crippen LogP contribution is -2.15. The summed E-state index contributed by atoms with van der Waals surface area (Å²) in [5.74, 6) is 0.306. The normalized spacial score (nSPS) is 10.5. The first kappa shape index (κ1) is 17.6. The topological polar surface area (TPSA) is 66.9 Å². The Hall–Kier alpha value is -3.21. The van der Waals surface area contributed by atoms with Crippen LogP contribution in [0.1, 0.15) is 32.9 Å². The second-order valence-corrected chi connectivity index (χ2v) is 6.42. The number of hydrogen-bond donors (Lipinski definition) is 2. The molecule has 0 aliphatic heterocycles. The number of carbonyl (C=O) groups excluding carboxylic acids is 1. The number of hydrogen-bond acceptors (Lipinski definition) is 4. The Bertz CT molecular complexity index is 946. The molecule has 0 bridgehead atoms. The second kappa shape index (κ2) is 7.35. The maximum Gasteiger partial charge on any atom is 0.257 e. The van der Waals surface area contributed by atoms with Gasteiger partial charge in [-0.3, -0.25) is 4.79 Å². The predicted molar refractivity (Wildman–Crippen MR) is 105 cm³/mol. The highest BCUT2D eigenvalue weighted by Gasteiger charge is 2.13. The average Bonchev–Trinajstić information content (AvgIpc) is 2.57. The number of para-hydroxylation sites is 1. The summed E-state index contributed by atoms with van der Waals surface area (Å²) < 4.78 is 0. The van der Waals surface area contributed by atoms with Crippen LogP contribution < -0.4 is 10.6 Å². The van der Waals surface area contributed by atoms with Gasteiger partial charge in [0.2, 0.25) is 5.95 Å². The molecule has 2 aromatic carbocycles. The van der Waals surface area contributed by atoms with Gasteiger partial charge in [-0.25, -0.2) is 9.97 Å². The summed E-state index contributed by atoms with van der Waals surface area (Å²) in [5.41, 5.74) is 5.88. The van der Waals surface area contributed by atoms with E-state index in [4.69, 9.17) is 0 Å². The zero-order valence-electron chi connectivity index (χ0n) is 15.4. The lowest BCUT2D eigenvalue weighted by molar-refractivity contribution is 0.102. The third-order valence-electron chi connectivity index (χ3n) is 4.04. The van der Waals surface area contributed by atoms with Crippen molar-refractivity contribution in [3.63, 3.8) is 0 Å². The van der Waals surface area contributed by atoms with Crippen LogP contribution in [-0.2, 0) is 0 Å². The third kappa shape index (κ3) is 4.06. The Balaban J connectivity index is 1.88. The highest BCUT2D eigenvalue weighted by molar-refractivity contribution is 6.08. The Morgan fingerprint density at radius 2 is 1.54 bits per heavy atom. The molecule has 132 valence electrons. The molecule has 1 aromatic heterocycles. The van der Waals surface area contributed by atoms with Gasteiger partial charge in [-0.05, 0) is 63.1 Å². The molecule has 0 aliphatic carbocycles. The van der Waals surface area contributed by atoms with Crippen LogP contribution >= 0.6 is 0 Å². The van der Waals surface area contributed by atoms with Crippen molar-refractivity contribution < 1.29 is 4.79 Å². The Labute approximate surface area is 153 Å². The summed E-state index contributed by atoms with van der Waals surface area (Å²) in [6, 6.07) is 15.2. The van der Waals surface area contributed by atoms with Gasteiger partial charge in [0.25, 0.3) is 5.91 Å². The van der Waals surface area contributed by atoms with Crippen molar-refractivity contribution in [3.8, 4) is 0 Å². The van der Waals surface area contributed by atoms with Crippen molar-refractivity contribution in [1.82, 2.24) is 9.97 Å². The fraction of sp³-hybridized carbons (Fsp3) is 0.190. The van der Waals surface area contributed by atoms with Crippen LogP contribution in [0.3, 0.4) is 0 Å². The van der Waals surface area contributed by atoms with Gasteiger partial charge < -0.3 is 10.6 Å². The van der Waals surface area contributed by atoms with E-state index >= 15 is 0 Å². The van der Waals surface area contributed by atoms with Crippen LogP contribution in [0.25, 0.3) is 0 Å². The number of benzene rings is 2. The number of rotatable bonds is 4. The summed E-state index contributed by atoms with van der Waals surface area (Å²) in [6.07, 6.45) is 0. The van der Waals surface area contributed by atoms with E-state index in [0.29, 0.717) is 17.2 Å². The summed E-state index contributed by atoms with van der Waals surface area (Å²) in [7, 11) is 0. The molecule has 26 heavy (non-hydrogen) atoms. The molecule has 5 nitrogen and oxygen atoms in total. The SMILES string of the molecule is Cc1ccc(C)c(NC(=O)c2ccccc2Nc2nc(C)cc(C)n2)c1. The first-order chi connectivity index (χ1) is 12.4. The van der Waals surface area contributed by atoms with Gasteiger partial charge in [0.05, 0.1) is 11.3 Å². The van der Waals surface area contributed by atoms with Gasteiger partial charge in [-0.15, -0.1) is 0 Å². The summed E-state index contributed by atoms with van der Waals surface area (Å²) in [5, 5.41) is 6.16. The van der Waals surface area contributed by atoms with Crippen LogP contribution in [0.5, 0.6) is 0 Å². The summed E-state index contributed by atoms with van der Waals surface area (Å²) >= 11 is 0. The number of nitrogens with one attached hydrogen (secondary N) is 2. The quantitative estimate of drug-likeness (QED) is 0.718. The van der Waals surface area contributed by atoms with E-state index in [0.717, 1.165) is 28.2 Å². The molecule has 2 N–H and O–H groups in total. The summed E-state index contributed by atoms with van der Waals surface area (Å²) in [6.45, 7) is 7.81. The van der Waals surface area contributed by atoms with Crippen LogP contribution in [0, 0.1) is 27.7 Å². The van der Waals surface area contributed by atoms with Gasteiger partial charge >= 0.3 is 0 Å². The molecule has 0 fully saturated rings. The van der Waals surface area contributed by atoms with E-state index in [1.807, 2.05) is 70.2 Å². The smallest absolute Gasteiger partial charge is 0.257 e. The zero-order valence-corrected chi connectivity index (χ0v) is 15.4. The van der Waals surface area contributed by atoms with E-state index in [-0.39, 0.29) is 5.91 Å². The number of carbonyl (C=O) groups is 1. The fourth-order valence-corrected chi connectivity index (χ4v) is 2.75. The van der Waals surface area contributed by atoms with E-state index in [1.54, 1.807) is 6.07 Å². The number of nitrogens with zero attached hydrogens (tertiary/aromatic N) is 2. The molecule has 0 saturated carbocycles. The highest BCUT2D eigenvalue weighted by atomic mass is 16.1. The molecule has 0 spiro atoms. The maximum absolute atomic E-state index is 12.8. The first-order valence-corrected chi connectivity index (χ1v) is 8.49. The molecule has 0 unspecified atom stereocenters. The van der Waals surface area contributed by atoms with Gasteiger partial charge in [-0.2, -0.15) is 0 Å². The molecule has 0 radical (unpaired) electrons. The molecule has 0 saturated heterocycles. The molecular weight excluding hydrogens is 324 g/mol. The van der Waals surface area contributed by atoms with Gasteiger partial charge in [0.1, 0.15) is 0 Å². The maximum atomic E-state index is 12.8. The van der Waals surface area contributed by atoms with Crippen molar-refractivity contribution in [2.24, 2.45) is 0 Å². The highest BCUT2D eigenvalue weighted by Crippen LogP contribution is 2.22. The van der Waals surface area contributed by atoms with Crippen LogP contribution in [0.2, 0.25) is 0 Å². The molecule has 0 aliphatic rings. The van der Waals surface area contributed by atoms with Crippen molar-refractivity contribution in [2.75, 3.05) is 10.6 Å². The lowest BCUT2D eigenvalue weighted by atomic mass is 10.1. The van der Waals surface area contributed by atoms with Crippen LogP contribution in [0.4, 0.5) is 17.3 Å². The van der Waals surface area contributed by atoms with Crippen molar-refractivity contribution in [1.29, 1.82) is 0 Å². The molecule has 1 amide bonds. The van der Waals surface area contributed by atoms with E-state index in [1.165, 1.54) is 0 Å². The minimum atomic E-state index is -0.175. The molecule has 3 rings (SSSR count). The lowest BCUT2D eigenvalue weighted by Gasteiger charge is -2.13. The molecule has 3 aromatic rings. The Kier molecular flexibility index (Phi) is 4.98. The van der Waals surface area contributed by atoms with Gasteiger partial charge in [0, 0.05) is 17.1 Å². The standard InChI is InChI=1S/C21H22N4O/c1-13-9-10-14(2)19(11-13)24-20(26)17-7-5-6-8-18(17)25-21-22-15(3)12-16(4)23-21/h5-12H,1-4H3,(H,24,26)(H,22,23,25). The van der Waals surface area contributed by atoms with E-state index in [9.17, 15) is 4.79 Å². The van der Waals surface area contributed by atoms with Gasteiger partial charge in [0.15, 0.2) is 0 Å². The summed E-state index contributed by atoms with van der Waals surface area (Å²) in [4.78, 5) is 21.6. The largest absolute Gasteiger partial charge is 0.323 e. The average molecular weight is 346 g/mol. The van der Waals surface area contributed by atoms with Crippen LogP contribution in [-0.4, -0.2) is 15.9 Å². The minimum Gasteiger partial charge on any atom is -0.323 e. The number of aromatic nitrogens is 2. The minimum absolute atomic E-state index is 0.175. The first-order valence-electron chi connectivity index (χ1n) is 8.49. The number of anilines is 3. The van der Waals surface area contributed by atoms with Crippen molar-refractivity contribution >= 4 is 23.2 Å². The molecule has 1 heterocycles. The van der Waals surface area contributed by atoms with E-state index < -0.39 is 0 Å². The fourth-order valence-electron chi connectivity index (χ4n) is 2.75. The van der Waals surface area contributed by atoms with Crippen LogP contribution in [0.15, 0.2) is 48.5 Å². The Morgan fingerprint density at radius 1 is 0.846 bits per heavy atom. The third-order valence-corrected chi connectivity index (χ3v) is 4.04. The second-order valence-electron chi connectivity index (χ2n) is 6.42. The van der Waals surface area contributed by atoms with Crippen molar-refractivity contribution in [2.45, 2.75) is 27.7 Å². The number of aryl methyl sites for hydroxylation is 4. The number of amides is 1. The van der Waals surface area contributed by atoms with E-state index in [2.05, 4.69) is 20.6 Å². The Morgan fingerprint density at radius 3 is 2.27 bits per heavy atom. The molecular formula is C21H22N4O. The van der Waals surface area contributed by atoms with Crippen molar-refractivity contribution in [3.05, 3.63) is 76.6 Å². The monoisotopic (exact) mass is 346 g/mol. The van der Waals surface area contributed by atoms with Gasteiger partial charge in [-0.1, -0.05) is 24.3 Å². The zero-order chi connectivity index (χ0) is 18.7. The molecule has 0 atom stereocenters. The molecule has 5 heteroatoms.